The van der Waals surface area contributed by atoms with Crippen LogP contribution < -0.4 is 10.2 Å². The standard InChI is InChI=1S/C19H27N5O2/c1-4-10-24-17(25)15-16(21(3)19(24)26)20-18-22(11-5-12-23(15)18)14-8-6-13(2)7-9-14/h6-9,15-16,18,20H,4-5,10-12H2,1-3H3. The van der Waals surface area contributed by atoms with Crippen molar-refractivity contribution in [2.75, 3.05) is 31.6 Å². The lowest BCUT2D eigenvalue weighted by Gasteiger charge is -2.43. The van der Waals surface area contributed by atoms with Gasteiger partial charge in [0.05, 0.1) is 0 Å². The summed E-state index contributed by atoms with van der Waals surface area (Å²) >= 11 is 0. The summed E-state index contributed by atoms with van der Waals surface area (Å²) in [6, 6.07) is 7.96. The number of carbonyl (C=O) groups is 2. The zero-order valence-corrected chi connectivity index (χ0v) is 15.7. The molecule has 26 heavy (non-hydrogen) atoms. The van der Waals surface area contributed by atoms with Crippen LogP contribution in [0.4, 0.5) is 10.5 Å². The third-order valence-electron chi connectivity index (χ3n) is 5.68. The van der Waals surface area contributed by atoms with E-state index in [0.717, 1.165) is 31.6 Å². The summed E-state index contributed by atoms with van der Waals surface area (Å²) in [5, 5.41) is 3.54. The number of hydrogen-bond donors (Lipinski definition) is 1. The first-order valence-corrected chi connectivity index (χ1v) is 9.46. The quantitative estimate of drug-likeness (QED) is 0.886. The zero-order valence-electron chi connectivity index (χ0n) is 15.7. The summed E-state index contributed by atoms with van der Waals surface area (Å²) < 4.78 is 0. The van der Waals surface area contributed by atoms with Crippen molar-refractivity contribution in [2.45, 2.75) is 45.2 Å². The predicted molar refractivity (Wildman–Crippen MR) is 99.5 cm³/mol. The molecule has 1 aromatic carbocycles. The Hall–Kier alpha value is -2.12. The van der Waals surface area contributed by atoms with Gasteiger partial charge >= 0.3 is 6.03 Å². The molecule has 3 fully saturated rings. The number of imide groups is 1. The lowest BCUT2D eigenvalue weighted by atomic mass is 10.1. The van der Waals surface area contributed by atoms with Crippen LogP contribution in [0.3, 0.4) is 0 Å². The van der Waals surface area contributed by atoms with Crippen molar-refractivity contribution in [1.82, 2.24) is 20.0 Å². The van der Waals surface area contributed by atoms with Gasteiger partial charge in [0.1, 0.15) is 18.5 Å². The van der Waals surface area contributed by atoms with E-state index < -0.39 is 0 Å². The van der Waals surface area contributed by atoms with Gasteiger partial charge in [0.15, 0.2) is 0 Å². The van der Waals surface area contributed by atoms with Gasteiger partial charge in [0, 0.05) is 32.4 Å². The van der Waals surface area contributed by atoms with Gasteiger partial charge in [0.2, 0.25) is 0 Å². The van der Waals surface area contributed by atoms with Crippen molar-refractivity contribution in [3.8, 4) is 0 Å². The molecule has 0 saturated carbocycles. The van der Waals surface area contributed by atoms with Crippen molar-refractivity contribution in [1.29, 1.82) is 0 Å². The summed E-state index contributed by atoms with van der Waals surface area (Å²) in [6.45, 7) is 6.33. The molecule has 140 valence electrons. The Bertz CT molecular complexity index is 706. The second kappa shape index (κ2) is 6.55. The largest absolute Gasteiger partial charge is 0.343 e. The molecule has 7 heteroatoms. The molecule has 3 heterocycles. The molecule has 0 bridgehead atoms. The molecule has 0 aromatic heterocycles. The number of amides is 3. The average Bonchev–Trinajstić information content (AvgIpc) is 3.04. The Morgan fingerprint density at radius 3 is 2.58 bits per heavy atom. The van der Waals surface area contributed by atoms with Crippen molar-refractivity contribution >= 4 is 17.6 Å². The van der Waals surface area contributed by atoms with Crippen molar-refractivity contribution < 1.29 is 9.59 Å². The maximum atomic E-state index is 13.1. The summed E-state index contributed by atoms with van der Waals surface area (Å²) in [4.78, 5) is 33.3. The molecule has 3 aliphatic rings. The average molecular weight is 357 g/mol. The Labute approximate surface area is 154 Å². The van der Waals surface area contributed by atoms with E-state index in [1.807, 2.05) is 6.92 Å². The molecule has 0 radical (unpaired) electrons. The molecule has 3 amide bonds. The van der Waals surface area contributed by atoms with E-state index in [9.17, 15) is 9.59 Å². The normalized spacial score (nSPS) is 29.2. The van der Waals surface area contributed by atoms with Crippen molar-refractivity contribution in [3.63, 3.8) is 0 Å². The second-order valence-corrected chi connectivity index (χ2v) is 7.43. The van der Waals surface area contributed by atoms with Crippen LogP contribution in [0.5, 0.6) is 0 Å². The molecule has 3 unspecified atom stereocenters. The number of urea groups is 1. The molecule has 4 rings (SSSR count). The number of likely N-dealkylation sites (N-methyl/N-ethyl adjacent to an activating group) is 1. The molecular formula is C19H27N5O2. The third-order valence-corrected chi connectivity index (χ3v) is 5.68. The number of anilines is 1. The van der Waals surface area contributed by atoms with Gasteiger partial charge in [-0.15, -0.1) is 0 Å². The molecule has 0 spiro atoms. The van der Waals surface area contributed by atoms with Crippen LogP contribution in [0.15, 0.2) is 24.3 Å². The highest BCUT2D eigenvalue weighted by Gasteiger charge is 2.55. The Morgan fingerprint density at radius 2 is 1.88 bits per heavy atom. The summed E-state index contributed by atoms with van der Waals surface area (Å²) in [7, 11) is 1.79. The monoisotopic (exact) mass is 357 g/mol. The number of aryl methyl sites for hydroxylation is 1. The van der Waals surface area contributed by atoms with Gasteiger partial charge in [-0.05, 0) is 31.9 Å². The Kier molecular flexibility index (Phi) is 4.36. The van der Waals surface area contributed by atoms with Crippen LogP contribution in [0.2, 0.25) is 0 Å². The maximum Gasteiger partial charge on any atom is 0.327 e. The van der Waals surface area contributed by atoms with Gasteiger partial charge in [-0.3, -0.25) is 19.9 Å². The fourth-order valence-corrected chi connectivity index (χ4v) is 4.35. The maximum absolute atomic E-state index is 13.1. The van der Waals surface area contributed by atoms with E-state index >= 15 is 0 Å². The second-order valence-electron chi connectivity index (χ2n) is 7.43. The van der Waals surface area contributed by atoms with Crippen LogP contribution in [-0.2, 0) is 4.79 Å². The first-order chi connectivity index (χ1) is 12.5. The fraction of sp³-hybridized carbons (Fsp3) is 0.579. The zero-order chi connectivity index (χ0) is 18.4. The smallest absolute Gasteiger partial charge is 0.327 e. The van der Waals surface area contributed by atoms with Gasteiger partial charge in [-0.2, -0.15) is 0 Å². The number of hydrogen-bond acceptors (Lipinski definition) is 5. The summed E-state index contributed by atoms with van der Waals surface area (Å²) in [5.41, 5.74) is 2.37. The van der Waals surface area contributed by atoms with E-state index in [1.54, 1.807) is 11.9 Å². The van der Waals surface area contributed by atoms with Gasteiger partial charge in [-0.25, -0.2) is 4.79 Å². The lowest BCUT2D eigenvalue weighted by molar-refractivity contribution is -0.138. The van der Waals surface area contributed by atoms with Gasteiger partial charge < -0.3 is 9.80 Å². The molecule has 3 aliphatic heterocycles. The first-order valence-electron chi connectivity index (χ1n) is 9.46. The molecular weight excluding hydrogens is 330 g/mol. The first kappa shape index (κ1) is 17.3. The van der Waals surface area contributed by atoms with E-state index in [1.165, 1.54) is 10.5 Å². The number of carbonyl (C=O) groups excluding carboxylic acids is 2. The van der Waals surface area contributed by atoms with E-state index in [-0.39, 0.29) is 30.4 Å². The third kappa shape index (κ3) is 2.57. The fourth-order valence-electron chi connectivity index (χ4n) is 4.35. The van der Waals surface area contributed by atoms with Crippen LogP contribution in [-0.4, -0.2) is 71.8 Å². The minimum Gasteiger partial charge on any atom is -0.343 e. The number of benzene rings is 1. The topological polar surface area (TPSA) is 59.1 Å². The summed E-state index contributed by atoms with van der Waals surface area (Å²) in [6.07, 6.45) is 1.42. The number of nitrogens with zero attached hydrogens (tertiary/aromatic N) is 4. The van der Waals surface area contributed by atoms with Gasteiger partial charge in [-0.1, -0.05) is 24.6 Å². The molecule has 1 N–H and O–H groups in total. The van der Waals surface area contributed by atoms with E-state index in [0.29, 0.717) is 6.54 Å². The Morgan fingerprint density at radius 1 is 1.15 bits per heavy atom. The minimum atomic E-state index is -0.317. The van der Waals surface area contributed by atoms with Crippen LogP contribution in [0.25, 0.3) is 0 Å². The van der Waals surface area contributed by atoms with Crippen LogP contribution in [0.1, 0.15) is 25.3 Å². The minimum absolute atomic E-state index is 0.0674. The molecule has 0 aliphatic carbocycles. The highest BCUT2D eigenvalue weighted by molar-refractivity contribution is 6.00. The molecule has 3 saturated heterocycles. The number of rotatable bonds is 3. The molecule has 3 atom stereocenters. The van der Waals surface area contributed by atoms with E-state index in [4.69, 9.17) is 0 Å². The van der Waals surface area contributed by atoms with Crippen LogP contribution >= 0.6 is 0 Å². The number of nitrogens with one attached hydrogen (secondary N) is 1. The van der Waals surface area contributed by atoms with Crippen LogP contribution in [0, 0.1) is 6.92 Å². The Balaban J connectivity index is 1.64. The van der Waals surface area contributed by atoms with Gasteiger partial charge in [0.25, 0.3) is 5.91 Å². The predicted octanol–water partition coefficient (Wildman–Crippen LogP) is 1.39. The van der Waals surface area contributed by atoms with Crippen molar-refractivity contribution in [3.05, 3.63) is 29.8 Å². The SMILES string of the molecule is CCCN1C(=O)C2C(NC3N(c4ccc(C)cc4)CCCN23)N(C)C1=O. The molecule has 7 nitrogen and oxygen atoms in total. The lowest BCUT2D eigenvalue weighted by Crippen LogP contribution is -2.66. The van der Waals surface area contributed by atoms with E-state index in [2.05, 4.69) is 46.3 Å². The summed E-state index contributed by atoms with van der Waals surface area (Å²) in [5.74, 6) is -0.0688. The highest BCUT2D eigenvalue weighted by Crippen LogP contribution is 2.33. The highest BCUT2D eigenvalue weighted by atomic mass is 16.2. The van der Waals surface area contributed by atoms with Crippen molar-refractivity contribution in [2.24, 2.45) is 0 Å². The molecule has 1 aromatic rings. The number of fused-ring (bicyclic) bond motifs is 3.